The van der Waals surface area contributed by atoms with Crippen molar-refractivity contribution in [2.75, 3.05) is 26.1 Å². The van der Waals surface area contributed by atoms with Crippen LogP contribution in [0.15, 0.2) is 48.5 Å². The van der Waals surface area contributed by atoms with Crippen LogP contribution in [0.25, 0.3) is 0 Å². The number of carbonyl (C=O) groups excluding carboxylic acids is 2. The minimum Gasteiger partial charge on any atom is -0.497 e. The molecule has 6 heteroatoms. The van der Waals surface area contributed by atoms with E-state index in [4.69, 9.17) is 9.47 Å². The molecule has 2 amide bonds. The smallest absolute Gasteiger partial charge is 0.252 e. The minimum absolute atomic E-state index is 0.144. The van der Waals surface area contributed by atoms with Crippen molar-refractivity contribution in [2.45, 2.75) is 18.9 Å². The molecule has 1 aliphatic rings. The number of imide groups is 1. The van der Waals surface area contributed by atoms with Crippen molar-refractivity contribution in [2.24, 2.45) is 0 Å². The van der Waals surface area contributed by atoms with Crippen LogP contribution in [0.2, 0.25) is 0 Å². The van der Waals surface area contributed by atoms with Crippen LogP contribution in [-0.2, 0) is 16.0 Å². The van der Waals surface area contributed by atoms with Crippen LogP contribution >= 0.6 is 0 Å². The first-order valence-corrected chi connectivity index (χ1v) is 8.48. The SMILES string of the molecule is COc1ccc(CCN2C(=O)CC(Nc3ccc(OC)cc3)C2=O)cc1. The van der Waals surface area contributed by atoms with Crippen LogP contribution in [0, 0.1) is 0 Å². The summed E-state index contributed by atoms with van der Waals surface area (Å²) < 4.78 is 10.2. The van der Waals surface area contributed by atoms with Crippen molar-refractivity contribution in [1.82, 2.24) is 4.90 Å². The van der Waals surface area contributed by atoms with Gasteiger partial charge in [0.25, 0.3) is 5.91 Å². The minimum atomic E-state index is -0.522. The van der Waals surface area contributed by atoms with Crippen molar-refractivity contribution >= 4 is 17.5 Å². The lowest BCUT2D eigenvalue weighted by Gasteiger charge is -2.16. The van der Waals surface area contributed by atoms with E-state index in [1.54, 1.807) is 14.2 Å². The highest BCUT2D eigenvalue weighted by Crippen LogP contribution is 2.21. The van der Waals surface area contributed by atoms with Gasteiger partial charge >= 0.3 is 0 Å². The molecular weight excluding hydrogens is 332 g/mol. The van der Waals surface area contributed by atoms with E-state index in [-0.39, 0.29) is 18.2 Å². The maximum absolute atomic E-state index is 12.6. The Balaban J connectivity index is 1.58. The fourth-order valence-corrected chi connectivity index (χ4v) is 2.95. The Morgan fingerprint density at radius 1 is 0.962 bits per heavy atom. The van der Waals surface area contributed by atoms with Gasteiger partial charge in [-0.2, -0.15) is 0 Å². The Morgan fingerprint density at radius 2 is 1.54 bits per heavy atom. The topological polar surface area (TPSA) is 67.9 Å². The normalized spacial score (nSPS) is 16.7. The van der Waals surface area contributed by atoms with Crippen molar-refractivity contribution < 1.29 is 19.1 Å². The van der Waals surface area contributed by atoms with Gasteiger partial charge in [-0.1, -0.05) is 12.1 Å². The Morgan fingerprint density at radius 3 is 2.12 bits per heavy atom. The quantitative estimate of drug-likeness (QED) is 0.774. The van der Waals surface area contributed by atoms with Crippen molar-refractivity contribution in [3.63, 3.8) is 0 Å². The molecule has 0 aliphatic carbocycles. The number of carbonyl (C=O) groups is 2. The summed E-state index contributed by atoms with van der Waals surface area (Å²) in [7, 11) is 3.22. The van der Waals surface area contributed by atoms with Crippen molar-refractivity contribution in [3.8, 4) is 11.5 Å². The lowest BCUT2D eigenvalue weighted by atomic mass is 10.1. The van der Waals surface area contributed by atoms with Crippen molar-refractivity contribution in [1.29, 1.82) is 0 Å². The number of likely N-dealkylation sites (tertiary alicyclic amines) is 1. The number of anilines is 1. The molecule has 0 radical (unpaired) electrons. The Bertz CT molecular complexity index is 771. The first-order chi connectivity index (χ1) is 12.6. The van der Waals surface area contributed by atoms with E-state index in [9.17, 15) is 9.59 Å². The third-order valence-corrected chi connectivity index (χ3v) is 4.46. The van der Waals surface area contributed by atoms with Gasteiger partial charge in [0.1, 0.15) is 17.5 Å². The highest BCUT2D eigenvalue weighted by atomic mass is 16.5. The van der Waals surface area contributed by atoms with Crippen molar-refractivity contribution in [3.05, 3.63) is 54.1 Å². The first kappa shape index (κ1) is 17.8. The summed E-state index contributed by atoms with van der Waals surface area (Å²) >= 11 is 0. The summed E-state index contributed by atoms with van der Waals surface area (Å²) in [5.41, 5.74) is 1.84. The van der Waals surface area contributed by atoms with Gasteiger partial charge in [-0.05, 0) is 48.4 Å². The average molecular weight is 354 g/mol. The summed E-state index contributed by atoms with van der Waals surface area (Å²) in [6.07, 6.45) is 0.796. The van der Waals surface area contributed by atoms with E-state index >= 15 is 0 Å². The molecule has 26 heavy (non-hydrogen) atoms. The summed E-state index contributed by atoms with van der Waals surface area (Å²) in [5.74, 6) is 1.20. The van der Waals surface area contributed by atoms with Gasteiger partial charge in [0.15, 0.2) is 0 Å². The van der Waals surface area contributed by atoms with Gasteiger partial charge in [-0.3, -0.25) is 14.5 Å². The predicted molar refractivity (Wildman–Crippen MR) is 98.4 cm³/mol. The third-order valence-electron chi connectivity index (χ3n) is 4.46. The number of hydrogen-bond acceptors (Lipinski definition) is 5. The van der Waals surface area contributed by atoms with E-state index < -0.39 is 6.04 Å². The number of nitrogens with one attached hydrogen (secondary N) is 1. The second-order valence-corrected chi connectivity index (χ2v) is 6.11. The fraction of sp³-hybridized carbons (Fsp3) is 0.300. The molecule has 3 rings (SSSR count). The molecule has 1 N–H and O–H groups in total. The second kappa shape index (κ2) is 7.91. The third kappa shape index (κ3) is 3.96. The van der Waals surface area contributed by atoms with Gasteiger partial charge < -0.3 is 14.8 Å². The summed E-state index contributed by atoms with van der Waals surface area (Å²) in [5, 5.41) is 3.13. The molecule has 0 saturated carbocycles. The molecule has 1 fully saturated rings. The number of hydrogen-bond donors (Lipinski definition) is 1. The Kier molecular flexibility index (Phi) is 5.41. The first-order valence-electron chi connectivity index (χ1n) is 8.48. The van der Waals surface area contributed by atoms with Gasteiger partial charge in [0.2, 0.25) is 5.91 Å². The highest BCUT2D eigenvalue weighted by molar-refractivity contribution is 6.06. The standard InChI is InChI=1S/C20H22N2O4/c1-25-16-7-3-14(4-8-16)11-12-22-19(23)13-18(20(22)24)21-15-5-9-17(26-2)10-6-15/h3-10,18,21H,11-13H2,1-2H3. The van der Waals surface area contributed by atoms with E-state index in [0.717, 1.165) is 22.7 Å². The number of ether oxygens (including phenoxy) is 2. The van der Waals surface area contributed by atoms with Crippen LogP contribution in [-0.4, -0.2) is 43.5 Å². The molecule has 1 aliphatic heterocycles. The van der Waals surface area contributed by atoms with Gasteiger partial charge in [0.05, 0.1) is 20.6 Å². The number of rotatable bonds is 7. The van der Waals surface area contributed by atoms with Gasteiger partial charge in [0, 0.05) is 12.2 Å². The molecule has 136 valence electrons. The molecule has 2 aromatic rings. The maximum atomic E-state index is 12.6. The zero-order chi connectivity index (χ0) is 18.5. The zero-order valence-corrected chi connectivity index (χ0v) is 14.9. The average Bonchev–Trinajstić information content (AvgIpc) is 2.94. The lowest BCUT2D eigenvalue weighted by Crippen LogP contribution is -2.36. The van der Waals surface area contributed by atoms with Crippen LogP contribution in [0.4, 0.5) is 5.69 Å². The van der Waals surface area contributed by atoms with Crippen LogP contribution in [0.1, 0.15) is 12.0 Å². The predicted octanol–water partition coefficient (Wildman–Crippen LogP) is 2.49. The number of nitrogens with zero attached hydrogens (tertiary/aromatic N) is 1. The number of amides is 2. The Labute approximate surface area is 152 Å². The van der Waals surface area contributed by atoms with Crippen LogP contribution in [0.5, 0.6) is 11.5 Å². The van der Waals surface area contributed by atoms with E-state index in [1.807, 2.05) is 48.5 Å². The largest absolute Gasteiger partial charge is 0.497 e. The zero-order valence-electron chi connectivity index (χ0n) is 14.9. The number of methoxy groups -OCH3 is 2. The molecule has 6 nitrogen and oxygen atoms in total. The monoisotopic (exact) mass is 354 g/mol. The molecule has 0 bridgehead atoms. The second-order valence-electron chi connectivity index (χ2n) is 6.11. The molecule has 1 unspecified atom stereocenters. The molecule has 1 atom stereocenters. The molecule has 1 heterocycles. The van der Waals surface area contributed by atoms with Gasteiger partial charge in [-0.15, -0.1) is 0 Å². The maximum Gasteiger partial charge on any atom is 0.252 e. The fourth-order valence-electron chi connectivity index (χ4n) is 2.95. The van der Waals surface area contributed by atoms with Gasteiger partial charge in [-0.25, -0.2) is 0 Å². The molecule has 0 aromatic heterocycles. The molecule has 0 spiro atoms. The number of benzene rings is 2. The highest BCUT2D eigenvalue weighted by Gasteiger charge is 2.38. The van der Waals surface area contributed by atoms with Crippen LogP contribution in [0.3, 0.4) is 0 Å². The summed E-state index contributed by atoms with van der Waals surface area (Å²) in [4.78, 5) is 26.1. The molecule has 1 saturated heterocycles. The lowest BCUT2D eigenvalue weighted by molar-refractivity contribution is -0.138. The van der Waals surface area contributed by atoms with E-state index in [0.29, 0.717) is 13.0 Å². The molecular formula is C20H22N2O4. The Hall–Kier alpha value is -3.02. The van der Waals surface area contributed by atoms with E-state index in [1.165, 1.54) is 4.90 Å². The summed E-state index contributed by atoms with van der Waals surface area (Å²) in [6.45, 7) is 0.380. The summed E-state index contributed by atoms with van der Waals surface area (Å²) in [6, 6.07) is 14.4. The molecule has 2 aromatic carbocycles. The van der Waals surface area contributed by atoms with E-state index in [2.05, 4.69) is 5.32 Å². The van der Waals surface area contributed by atoms with Crippen LogP contribution < -0.4 is 14.8 Å².